The molecule has 0 aliphatic heterocycles. The Bertz CT molecular complexity index is 457. The molecule has 0 radical (unpaired) electrons. The van der Waals surface area contributed by atoms with E-state index in [-0.39, 0.29) is 0 Å². The SMILES string of the molecule is CCCNCCn1c(C)cc2ccccc21. The van der Waals surface area contributed by atoms with Crippen LogP contribution in [0.5, 0.6) is 0 Å². The fourth-order valence-electron chi connectivity index (χ4n) is 2.14. The molecule has 2 heteroatoms. The Morgan fingerprint density at radius 1 is 1.19 bits per heavy atom. The van der Waals surface area contributed by atoms with Crippen LogP contribution in [0, 0.1) is 6.92 Å². The highest BCUT2D eigenvalue weighted by atomic mass is 15.0. The lowest BCUT2D eigenvalue weighted by Crippen LogP contribution is -2.20. The molecule has 2 aromatic rings. The van der Waals surface area contributed by atoms with Crippen LogP contribution in [0.15, 0.2) is 30.3 Å². The van der Waals surface area contributed by atoms with E-state index in [9.17, 15) is 0 Å². The molecule has 2 nitrogen and oxygen atoms in total. The van der Waals surface area contributed by atoms with Crippen LogP contribution in [-0.2, 0) is 6.54 Å². The molecule has 0 spiro atoms. The van der Waals surface area contributed by atoms with Crippen molar-refractivity contribution >= 4 is 10.9 Å². The number of nitrogens with one attached hydrogen (secondary N) is 1. The zero-order chi connectivity index (χ0) is 11.4. The second-order valence-electron chi connectivity index (χ2n) is 4.25. The molecule has 0 fully saturated rings. The van der Waals surface area contributed by atoms with E-state index in [4.69, 9.17) is 0 Å². The van der Waals surface area contributed by atoms with E-state index < -0.39 is 0 Å². The molecule has 0 aliphatic carbocycles. The predicted molar refractivity (Wildman–Crippen MR) is 69.8 cm³/mol. The highest BCUT2D eigenvalue weighted by Crippen LogP contribution is 2.18. The number of rotatable bonds is 5. The van der Waals surface area contributed by atoms with Crippen molar-refractivity contribution in [3.8, 4) is 0 Å². The summed E-state index contributed by atoms with van der Waals surface area (Å²) in [6, 6.07) is 10.8. The minimum absolute atomic E-state index is 1.05. The van der Waals surface area contributed by atoms with Crippen LogP contribution < -0.4 is 5.32 Å². The molecule has 86 valence electrons. The Morgan fingerprint density at radius 3 is 2.81 bits per heavy atom. The van der Waals surface area contributed by atoms with Gasteiger partial charge in [-0.3, -0.25) is 0 Å². The maximum atomic E-state index is 3.44. The first kappa shape index (κ1) is 11.2. The lowest BCUT2D eigenvalue weighted by Gasteiger charge is -2.08. The Labute approximate surface area is 97.3 Å². The average Bonchev–Trinajstić information content (AvgIpc) is 2.61. The molecule has 1 aromatic heterocycles. The minimum Gasteiger partial charge on any atom is -0.344 e. The molecule has 0 aliphatic rings. The van der Waals surface area contributed by atoms with Crippen molar-refractivity contribution in [2.75, 3.05) is 13.1 Å². The van der Waals surface area contributed by atoms with Gasteiger partial charge < -0.3 is 9.88 Å². The van der Waals surface area contributed by atoms with E-state index in [1.54, 1.807) is 0 Å². The van der Waals surface area contributed by atoms with Crippen LogP contribution >= 0.6 is 0 Å². The smallest absolute Gasteiger partial charge is 0.0482 e. The van der Waals surface area contributed by atoms with E-state index >= 15 is 0 Å². The van der Waals surface area contributed by atoms with Crippen molar-refractivity contribution in [1.82, 2.24) is 9.88 Å². The van der Waals surface area contributed by atoms with Crippen molar-refractivity contribution in [3.63, 3.8) is 0 Å². The van der Waals surface area contributed by atoms with Crippen molar-refractivity contribution in [2.45, 2.75) is 26.8 Å². The monoisotopic (exact) mass is 216 g/mol. The first-order valence-corrected chi connectivity index (χ1v) is 6.08. The Morgan fingerprint density at radius 2 is 2.00 bits per heavy atom. The van der Waals surface area contributed by atoms with E-state index in [0.717, 1.165) is 19.6 Å². The Balaban J connectivity index is 2.13. The summed E-state index contributed by atoms with van der Waals surface area (Å²) >= 11 is 0. The quantitative estimate of drug-likeness (QED) is 0.760. The topological polar surface area (TPSA) is 17.0 Å². The maximum absolute atomic E-state index is 3.44. The van der Waals surface area contributed by atoms with Gasteiger partial charge in [0, 0.05) is 24.3 Å². The van der Waals surface area contributed by atoms with Crippen LogP contribution in [-0.4, -0.2) is 17.7 Å². The highest BCUT2D eigenvalue weighted by Gasteiger charge is 2.03. The summed E-state index contributed by atoms with van der Waals surface area (Å²) < 4.78 is 2.39. The Hall–Kier alpha value is -1.28. The number of aryl methyl sites for hydroxylation is 1. The fraction of sp³-hybridized carbons (Fsp3) is 0.429. The largest absolute Gasteiger partial charge is 0.344 e. The molecule has 16 heavy (non-hydrogen) atoms. The zero-order valence-corrected chi connectivity index (χ0v) is 10.2. The fourth-order valence-corrected chi connectivity index (χ4v) is 2.14. The van der Waals surface area contributed by atoms with Gasteiger partial charge in [0.1, 0.15) is 0 Å². The number of hydrogen-bond acceptors (Lipinski definition) is 1. The second kappa shape index (κ2) is 5.17. The summed E-state index contributed by atoms with van der Waals surface area (Å²) in [7, 11) is 0. The summed E-state index contributed by atoms with van der Waals surface area (Å²) in [5.41, 5.74) is 2.69. The number of aromatic nitrogens is 1. The average molecular weight is 216 g/mol. The van der Waals surface area contributed by atoms with Crippen LogP contribution in [0.2, 0.25) is 0 Å². The molecule has 2 rings (SSSR count). The van der Waals surface area contributed by atoms with Gasteiger partial charge in [0.15, 0.2) is 0 Å². The molecule has 0 amide bonds. The highest BCUT2D eigenvalue weighted by molar-refractivity contribution is 5.81. The lowest BCUT2D eigenvalue weighted by atomic mass is 10.2. The standard InChI is InChI=1S/C14H20N2/c1-3-8-15-9-10-16-12(2)11-13-6-4-5-7-14(13)16/h4-7,11,15H,3,8-10H2,1-2H3. The van der Waals surface area contributed by atoms with E-state index in [2.05, 4.69) is 54.1 Å². The molecule has 0 saturated carbocycles. The summed E-state index contributed by atoms with van der Waals surface area (Å²) in [5.74, 6) is 0. The van der Waals surface area contributed by atoms with Crippen molar-refractivity contribution in [3.05, 3.63) is 36.0 Å². The predicted octanol–water partition coefficient (Wildman–Crippen LogP) is 2.95. The van der Waals surface area contributed by atoms with Crippen molar-refractivity contribution in [2.24, 2.45) is 0 Å². The number of nitrogens with zero attached hydrogens (tertiary/aromatic N) is 1. The molecule has 1 N–H and O–H groups in total. The summed E-state index contributed by atoms with van der Waals surface area (Å²) in [6.45, 7) is 7.59. The molecule has 0 bridgehead atoms. The third-order valence-electron chi connectivity index (χ3n) is 2.96. The minimum atomic E-state index is 1.05. The number of benzene rings is 1. The molecule has 1 heterocycles. The number of hydrogen-bond donors (Lipinski definition) is 1. The molecule has 0 atom stereocenters. The number of fused-ring (bicyclic) bond motifs is 1. The van der Waals surface area contributed by atoms with Gasteiger partial charge in [0.25, 0.3) is 0 Å². The van der Waals surface area contributed by atoms with Gasteiger partial charge in [-0.1, -0.05) is 25.1 Å². The van der Waals surface area contributed by atoms with Crippen LogP contribution in [0.1, 0.15) is 19.0 Å². The van der Waals surface area contributed by atoms with Gasteiger partial charge in [-0.2, -0.15) is 0 Å². The van der Waals surface area contributed by atoms with Gasteiger partial charge in [-0.15, -0.1) is 0 Å². The van der Waals surface area contributed by atoms with Gasteiger partial charge in [-0.25, -0.2) is 0 Å². The molecule has 0 saturated heterocycles. The maximum Gasteiger partial charge on any atom is 0.0482 e. The lowest BCUT2D eigenvalue weighted by molar-refractivity contribution is 0.597. The summed E-state index contributed by atoms with van der Waals surface area (Å²) in [6.07, 6.45) is 1.20. The molecular formula is C14H20N2. The van der Waals surface area contributed by atoms with Gasteiger partial charge in [0.05, 0.1) is 0 Å². The van der Waals surface area contributed by atoms with Crippen LogP contribution in [0.3, 0.4) is 0 Å². The first-order valence-electron chi connectivity index (χ1n) is 6.08. The summed E-state index contributed by atoms with van der Waals surface area (Å²) in [4.78, 5) is 0. The third kappa shape index (κ3) is 2.27. The van der Waals surface area contributed by atoms with Gasteiger partial charge >= 0.3 is 0 Å². The van der Waals surface area contributed by atoms with Crippen LogP contribution in [0.25, 0.3) is 10.9 Å². The molecule has 1 aromatic carbocycles. The summed E-state index contributed by atoms with van der Waals surface area (Å²) in [5, 5.41) is 4.79. The van der Waals surface area contributed by atoms with E-state index in [1.807, 2.05) is 0 Å². The zero-order valence-electron chi connectivity index (χ0n) is 10.2. The van der Waals surface area contributed by atoms with Crippen molar-refractivity contribution in [1.29, 1.82) is 0 Å². The van der Waals surface area contributed by atoms with Crippen LogP contribution in [0.4, 0.5) is 0 Å². The van der Waals surface area contributed by atoms with Gasteiger partial charge in [0.2, 0.25) is 0 Å². The van der Waals surface area contributed by atoms with E-state index in [0.29, 0.717) is 0 Å². The molecule has 0 unspecified atom stereocenters. The molecular weight excluding hydrogens is 196 g/mol. The third-order valence-corrected chi connectivity index (χ3v) is 2.96. The first-order chi connectivity index (χ1) is 7.83. The van der Waals surface area contributed by atoms with Crippen molar-refractivity contribution < 1.29 is 0 Å². The normalized spacial score (nSPS) is 11.1. The van der Waals surface area contributed by atoms with E-state index in [1.165, 1.54) is 23.0 Å². The van der Waals surface area contributed by atoms with Gasteiger partial charge in [-0.05, 0) is 37.4 Å². The second-order valence-corrected chi connectivity index (χ2v) is 4.25. The Kier molecular flexibility index (Phi) is 3.62. The number of para-hydroxylation sites is 1.